The minimum absolute atomic E-state index is 0.107. The lowest BCUT2D eigenvalue weighted by Crippen LogP contribution is -2.34. The van der Waals surface area contributed by atoms with Gasteiger partial charge in [0.05, 0.1) is 6.33 Å². The zero-order chi connectivity index (χ0) is 12.9. The number of H-pyrrole nitrogens is 1. The van der Waals surface area contributed by atoms with E-state index >= 15 is 0 Å². The number of hydrogen-bond donors (Lipinski definition) is 1. The molecule has 2 aliphatic carbocycles. The number of rotatable bonds is 1. The second-order valence-electron chi connectivity index (χ2n) is 5.94. The molecule has 1 saturated carbocycles. The molecule has 1 aromatic heterocycles. The Bertz CT molecular complexity index is 605. The third kappa shape index (κ3) is 1.50. The molecule has 2 atom stereocenters. The Morgan fingerprint density at radius 3 is 3.11 bits per heavy atom. The van der Waals surface area contributed by atoms with Crippen molar-refractivity contribution in [3.63, 3.8) is 0 Å². The van der Waals surface area contributed by atoms with Gasteiger partial charge in [-0.2, -0.15) is 0 Å². The molecule has 0 amide bonds. The van der Waals surface area contributed by atoms with Crippen LogP contribution in [-0.4, -0.2) is 9.97 Å². The summed E-state index contributed by atoms with van der Waals surface area (Å²) in [6.45, 7) is 0. The predicted octanol–water partition coefficient (Wildman–Crippen LogP) is 3.70. The molecule has 1 fully saturated rings. The van der Waals surface area contributed by atoms with Crippen molar-refractivity contribution < 1.29 is 4.39 Å². The van der Waals surface area contributed by atoms with Crippen LogP contribution in [0.3, 0.4) is 0 Å². The Kier molecular flexibility index (Phi) is 2.32. The van der Waals surface area contributed by atoms with E-state index in [9.17, 15) is 4.39 Å². The highest BCUT2D eigenvalue weighted by Gasteiger charge is 2.49. The van der Waals surface area contributed by atoms with Crippen LogP contribution in [0.2, 0.25) is 0 Å². The summed E-state index contributed by atoms with van der Waals surface area (Å²) >= 11 is 0. The first kappa shape index (κ1) is 11.2. The normalized spacial score (nSPS) is 29.0. The van der Waals surface area contributed by atoms with Crippen molar-refractivity contribution >= 4 is 0 Å². The number of aromatic nitrogens is 2. The van der Waals surface area contributed by atoms with Crippen molar-refractivity contribution in [2.45, 2.75) is 43.4 Å². The average Bonchev–Trinajstić information content (AvgIpc) is 3.04. The van der Waals surface area contributed by atoms with Gasteiger partial charge in [0.1, 0.15) is 5.82 Å². The first-order valence-corrected chi connectivity index (χ1v) is 7.07. The molecule has 1 aromatic carbocycles. The lowest BCUT2D eigenvalue weighted by atomic mass is 9.65. The summed E-state index contributed by atoms with van der Waals surface area (Å²) in [5, 5.41) is 0. The van der Waals surface area contributed by atoms with Gasteiger partial charge in [0, 0.05) is 17.3 Å². The molecular formula is C16H17FN2. The summed E-state index contributed by atoms with van der Waals surface area (Å²) in [6.07, 6.45) is 9.59. The highest BCUT2D eigenvalue weighted by Crippen LogP contribution is 2.56. The lowest BCUT2D eigenvalue weighted by Gasteiger charge is -2.39. The Hall–Kier alpha value is -1.64. The monoisotopic (exact) mass is 256 g/mol. The van der Waals surface area contributed by atoms with Gasteiger partial charge in [-0.3, -0.25) is 0 Å². The molecule has 0 spiro atoms. The molecule has 19 heavy (non-hydrogen) atoms. The largest absolute Gasteiger partial charge is 0.348 e. The van der Waals surface area contributed by atoms with Crippen molar-refractivity contribution in [3.8, 4) is 0 Å². The highest BCUT2D eigenvalue weighted by molar-refractivity contribution is 5.45. The number of nitrogens with one attached hydrogen (secondary N) is 1. The molecule has 1 heterocycles. The van der Waals surface area contributed by atoms with Crippen molar-refractivity contribution in [2.75, 3.05) is 0 Å². The number of halogens is 1. The summed E-state index contributed by atoms with van der Waals surface area (Å²) in [4.78, 5) is 7.52. The molecule has 2 unspecified atom stereocenters. The molecule has 1 N–H and O–H groups in total. The van der Waals surface area contributed by atoms with Crippen molar-refractivity contribution in [1.29, 1.82) is 0 Å². The number of fused-ring (bicyclic) bond motifs is 3. The van der Waals surface area contributed by atoms with E-state index in [4.69, 9.17) is 0 Å². The third-order valence-electron chi connectivity index (χ3n) is 5.06. The summed E-state index contributed by atoms with van der Waals surface area (Å²) in [7, 11) is 0. The van der Waals surface area contributed by atoms with E-state index in [1.165, 1.54) is 36.1 Å². The molecule has 3 heteroatoms. The number of benzene rings is 1. The van der Waals surface area contributed by atoms with Crippen LogP contribution in [0.1, 0.15) is 48.4 Å². The van der Waals surface area contributed by atoms with Crippen LogP contribution in [0.25, 0.3) is 0 Å². The summed E-state index contributed by atoms with van der Waals surface area (Å²) in [5.74, 6) is 0.345. The first-order chi connectivity index (χ1) is 9.29. The van der Waals surface area contributed by atoms with Gasteiger partial charge < -0.3 is 4.98 Å². The van der Waals surface area contributed by atoms with E-state index in [0.717, 1.165) is 12.8 Å². The highest BCUT2D eigenvalue weighted by atomic mass is 19.1. The summed E-state index contributed by atoms with van der Waals surface area (Å²) in [6, 6.07) is 5.32. The minimum atomic E-state index is -0.107. The Morgan fingerprint density at radius 2 is 2.26 bits per heavy atom. The van der Waals surface area contributed by atoms with Gasteiger partial charge in [-0.05, 0) is 48.4 Å². The first-order valence-electron chi connectivity index (χ1n) is 7.07. The standard InChI is InChI=1S/C16H17FN2/c17-12-5-4-11-8-16(15-9-18-10-19-15)6-2-1-3-14(16)13(11)7-12/h4-5,7,9-10,14H,1-3,6,8H2,(H,18,19). The van der Waals surface area contributed by atoms with E-state index in [-0.39, 0.29) is 11.2 Å². The molecule has 2 aliphatic rings. The maximum Gasteiger partial charge on any atom is 0.123 e. The molecular weight excluding hydrogens is 239 g/mol. The fourth-order valence-corrected chi connectivity index (χ4v) is 4.24. The van der Waals surface area contributed by atoms with Crippen LogP contribution in [0, 0.1) is 5.82 Å². The van der Waals surface area contributed by atoms with E-state index in [2.05, 4.69) is 9.97 Å². The molecule has 0 saturated heterocycles. The Morgan fingerprint density at radius 1 is 1.32 bits per heavy atom. The number of aromatic amines is 1. The van der Waals surface area contributed by atoms with E-state index < -0.39 is 0 Å². The molecule has 0 aliphatic heterocycles. The van der Waals surface area contributed by atoms with Gasteiger partial charge in [0.15, 0.2) is 0 Å². The molecule has 0 bridgehead atoms. The fourth-order valence-electron chi connectivity index (χ4n) is 4.24. The quantitative estimate of drug-likeness (QED) is 0.828. The zero-order valence-corrected chi connectivity index (χ0v) is 10.8. The second-order valence-corrected chi connectivity index (χ2v) is 5.94. The lowest BCUT2D eigenvalue weighted by molar-refractivity contribution is 0.262. The van der Waals surface area contributed by atoms with Crippen LogP contribution >= 0.6 is 0 Å². The van der Waals surface area contributed by atoms with Gasteiger partial charge in [-0.25, -0.2) is 9.37 Å². The van der Waals surface area contributed by atoms with E-state index in [0.29, 0.717) is 5.92 Å². The van der Waals surface area contributed by atoms with Crippen LogP contribution in [0.5, 0.6) is 0 Å². The van der Waals surface area contributed by atoms with Crippen molar-refractivity contribution in [1.82, 2.24) is 9.97 Å². The van der Waals surface area contributed by atoms with Gasteiger partial charge in [0.25, 0.3) is 0 Å². The smallest absolute Gasteiger partial charge is 0.123 e. The topological polar surface area (TPSA) is 28.7 Å². The van der Waals surface area contributed by atoms with Gasteiger partial charge in [-0.15, -0.1) is 0 Å². The minimum Gasteiger partial charge on any atom is -0.348 e. The Labute approximate surface area is 112 Å². The summed E-state index contributed by atoms with van der Waals surface area (Å²) < 4.78 is 13.6. The molecule has 2 aromatic rings. The third-order valence-corrected chi connectivity index (χ3v) is 5.06. The number of hydrogen-bond acceptors (Lipinski definition) is 1. The molecule has 98 valence electrons. The van der Waals surface area contributed by atoms with Crippen LogP contribution < -0.4 is 0 Å². The maximum absolute atomic E-state index is 13.6. The fraction of sp³-hybridized carbons (Fsp3) is 0.438. The van der Waals surface area contributed by atoms with Gasteiger partial charge in [-0.1, -0.05) is 18.9 Å². The SMILES string of the molecule is Fc1ccc2c(c1)C1CCCCC1(c1cnc[nH]1)C2. The zero-order valence-electron chi connectivity index (χ0n) is 10.8. The predicted molar refractivity (Wildman–Crippen MR) is 71.6 cm³/mol. The van der Waals surface area contributed by atoms with Crippen LogP contribution in [-0.2, 0) is 11.8 Å². The molecule has 2 nitrogen and oxygen atoms in total. The van der Waals surface area contributed by atoms with Gasteiger partial charge in [0.2, 0.25) is 0 Å². The van der Waals surface area contributed by atoms with Gasteiger partial charge >= 0.3 is 0 Å². The Balaban J connectivity index is 1.88. The van der Waals surface area contributed by atoms with Crippen molar-refractivity contribution in [2.24, 2.45) is 0 Å². The van der Waals surface area contributed by atoms with Crippen LogP contribution in [0.15, 0.2) is 30.7 Å². The molecule has 0 radical (unpaired) electrons. The van der Waals surface area contributed by atoms with Crippen LogP contribution in [0.4, 0.5) is 4.39 Å². The van der Waals surface area contributed by atoms with Crippen molar-refractivity contribution in [3.05, 3.63) is 53.4 Å². The second kappa shape index (κ2) is 3.92. The van der Waals surface area contributed by atoms with E-state index in [1.54, 1.807) is 18.5 Å². The number of nitrogens with zero attached hydrogens (tertiary/aromatic N) is 1. The van der Waals surface area contributed by atoms with E-state index in [1.807, 2.05) is 12.3 Å². The summed E-state index contributed by atoms with van der Waals surface area (Å²) in [5.41, 5.74) is 3.91. The maximum atomic E-state index is 13.6. The molecule has 4 rings (SSSR count). The average molecular weight is 256 g/mol. The number of imidazole rings is 1.